The molecule has 1 unspecified atom stereocenters. The van der Waals surface area contributed by atoms with E-state index in [9.17, 15) is 5.11 Å². The zero-order valence-corrected chi connectivity index (χ0v) is 18.6. The molecular weight excluding hydrogens is 380 g/mol. The van der Waals surface area contributed by atoms with E-state index in [2.05, 4.69) is 46.3 Å². The highest BCUT2D eigenvalue weighted by atomic mass is 32.2. The summed E-state index contributed by atoms with van der Waals surface area (Å²) in [6.45, 7) is 6.82. The van der Waals surface area contributed by atoms with Gasteiger partial charge in [-0.2, -0.15) is 0 Å². The highest BCUT2D eigenvalue weighted by Crippen LogP contribution is 2.17. The molecule has 5 heteroatoms. The number of likely N-dealkylation sites (tertiary alicyclic amines) is 1. The van der Waals surface area contributed by atoms with E-state index in [1.165, 1.54) is 17.3 Å². The van der Waals surface area contributed by atoms with Crippen molar-refractivity contribution in [3.8, 4) is 0 Å². The van der Waals surface area contributed by atoms with Gasteiger partial charge in [0.15, 0.2) is 0 Å². The van der Waals surface area contributed by atoms with Crippen molar-refractivity contribution >= 4 is 17.0 Å². The van der Waals surface area contributed by atoms with Gasteiger partial charge in [0, 0.05) is 31.8 Å². The van der Waals surface area contributed by atoms with Crippen LogP contribution in [0.25, 0.3) is 0 Å². The minimum atomic E-state index is -0.128. The van der Waals surface area contributed by atoms with Crippen LogP contribution in [0.4, 0.5) is 0 Å². The molecule has 3 aliphatic rings. The van der Waals surface area contributed by atoms with Crippen LogP contribution in [-0.2, 0) is 4.74 Å². The first-order valence-electron chi connectivity index (χ1n) is 10.5. The van der Waals surface area contributed by atoms with Crippen molar-refractivity contribution in [1.29, 1.82) is 0 Å². The van der Waals surface area contributed by atoms with Gasteiger partial charge in [-0.15, -0.1) is 0 Å². The third-order valence-electron chi connectivity index (χ3n) is 4.69. The van der Waals surface area contributed by atoms with Crippen molar-refractivity contribution < 1.29 is 9.84 Å². The average molecular weight is 415 g/mol. The number of aliphatic hydroxyl groups excluding tert-OH is 1. The molecular formula is C24H34N2O2S. The molecule has 158 valence electrons. The molecule has 0 aromatic carbocycles. The molecule has 1 N–H and O–H groups in total. The quantitative estimate of drug-likeness (QED) is 0.518. The summed E-state index contributed by atoms with van der Waals surface area (Å²) in [5.41, 5.74) is 2.26. The molecule has 0 saturated carbocycles. The van der Waals surface area contributed by atoms with Crippen LogP contribution < -0.4 is 0 Å². The number of ether oxygens (including phenoxy) is 1. The predicted molar refractivity (Wildman–Crippen MR) is 126 cm³/mol. The van der Waals surface area contributed by atoms with Gasteiger partial charge in [0.1, 0.15) is 6.10 Å². The Morgan fingerprint density at radius 1 is 1.14 bits per heavy atom. The fourth-order valence-electron chi connectivity index (χ4n) is 3.15. The lowest BCUT2D eigenvalue weighted by Crippen LogP contribution is -2.36. The van der Waals surface area contributed by atoms with Gasteiger partial charge in [0.2, 0.25) is 0 Å². The maximum atomic E-state index is 9.65. The van der Waals surface area contributed by atoms with E-state index < -0.39 is 0 Å². The minimum Gasteiger partial charge on any atom is -0.461 e. The first-order valence-corrected chi connectivity index (χ1v) is 11.7. The summed E-state index contributed by atoms with van der Waals surface area (Å²) in [6, 6.07) is 0. The monoisotopic (exact) mass is 414 g/mol. The zero-order chi connectivity index (χ0) is 20.9. The van der Waals surface area contributed by atoms with Gasteiger partial charge < -0.3 is 9.84 Å². The number of nitrogens with zero attached hydrogens (tertiary/aromatic N) is 2. The van der Waals surface area contributed by atoms with Crippen LogP contribution in [0.15, 0.2) is 77.0 Å². The Labute approximate surface area is 180 Å². The highest BCUT2D eigenvalue weighted by molar-refractivity contribution is 8.12. The maximum Gasteiger partial charge on any atom is 0.251 e. The van der Waals surface area contributed by atoms with E-state index in [0.717, 1.165) is 44.6 Å². The van der Waals surface area contributed by atoms with Gasteiger partial charge in [-0.1, -0.05) is 68.1 Å². The number of aliphatic hydroxyl groups is 1. The fourth-order valence-corrected chi connectivity index (χ4v) is 3.57. The van der Waals surface area contributed by atoms with Gasteiger partial charge in [-0.05, 0) is 42.9 Å². The molecule has 1 fully saturated rings. The lowest BCUT2D eigenvalue weighted by Gasteiger charge is -2.29. The maximum absolute atomic E-state index is 9.65. The van der Waals surface area contributed by atoms with Crippen molar-refractivity contribution in [1.82, 2.24) is 4.90 Å². The van der Waals surface area contributed by atoms with E-state index in [1.54, 1.807) is 0 Å². The summed E-state index contributed by atoms with van der Waals surface area (Å²) in [5, 5.41) is 10.3. The summed E-state index contributed by atoms with van der Waals surface area (Å²) >= 11 is 1.52. The zero-order valence-electron chi connectivity index (χ0n) is 17.8. The van der Waals surface area contributed by atoms with Crippen LogP contribution in [0, 0.1) is 0 Å². The average Bonchev–Trinajstić information content (AvgIpc) is 3.14. The van der Waals surface area contributed by atoms with E-state index in [1.807, 2.05) is 44.4 Å². The first kappa shape index (κ1) is 23.5. The summed E-state index contributed by atoms with van der Waals surface area (Å²) < 4.78 is 6.09. The summed E-state index contributed by atoms with van der Waals surface area (Å²) in [4.78, 5) is 7.05. The SMILES string of the molecule is CC.CSC(=NC1=CC=CC=CC1)OC1C=CC=C(CN2CCC(O)CC2)C=C1. The summed E-state index contributed by atoms with van der Waals surface area (Å²) in [5.74, 6) is 0. The Hall–Kier alpha value is -1.82. The molecule has 0 bridgehead atoms. The molecule has 3 rings (SSSR count). The van der Waals surface area contributed by atoms with Gasteiger partial charge in [0.05, 0.1) is 6.10 Å². The largest absolute Gasteiger partial charge is 0.461 e. The van der Waals surface area contributed by atoms with Crippen molar-refractivity contribution in [2.24, 2.45) is 4.99 Å². The minimum absolute atomic E-state index is 0.120. The van der Waals surface area contributed by atoms with Gasteiger partial charge in [0.25, 0.3) is 5.23 Å². The van der Waals surface area contributed by atoms with Crippen molar-refractivity contribution in [2.75, 3.05) is 25.9 Å². The molecule has 2 aliphatic carbocycles. The normalized spacial score (nSPS) is 22.9. The van der Waals surface area contributed by atoms with Crippen LogP contribution in [-0.4, -0.2) is 53.3 Å². The number of piperidine rings is 1. The second kappa shape index (κ2) is 13.4. The molecule has 1 saturated heterocycles. The molecule has 0 aromatic heterocycles. The predicted octanol–water partition coefficient (Wildman–Crippen LogP) is 5.03. The van der Waals surface area contributed by atoms with E-state index >= 15 is 0 Å². The molecule has 0 spiro atoms. The van der Waals surface area contributed by atoms with E-state index in [4.69, 9.17) is 4.74 Å². The summed E-state index contributed by atoms with van der Waals surface area (Å²) in [6.07, 6.45) is 24.9. The number of aliphatic imine (C=N–C) groups is 1. The lowest BCUT2D eigenvalue weighted by atomic mass is 10.1. The van der Waals surface area contributed by atoms with E-state index in [0.29, 0.717) is 5.23 Å². The van der Waals surface area contributed by atoms with Crippen molar-refractivity contribution in [3.05, 3.63) is 72.0 Å². The number of hydrogen-bond donors (Lipinski definition) is 1. The number of thioether (sulfide) groups is 1. The van der Waals surface area contributed by atoms with Gasteiger partial charge in [-0.3, -0.25) is 4.90 Å². The van der Waals surface area contributed by atoms with E-state index in [-0.39, 0.29) is 12.2 Å². The number of rotatable bonds is 4. The van der Waals surface area contributed by atoms with Gasteiger partial charge in [-0.25, -0.2) is 4.99 Å². The molecule has 4 nitrogen and oxygen atoms in total. The first-order chi connectivity index (χ1) is 14.2. The molecule has 0 radical (unpaired) electrons. The highest BCUT2D eigenvalue weighted by Gasteiger charge is 2.17. The third-order valence-corrected chi connectivity index (χ3v) is 5.23. The topological polar surface area (TPSA) is 45.1 Å². The van der Waals surface area contributed by atoms with Crippen molar-refractivity contribution in [3.63, 3.8) is 0 Å². The Kier molecular flexibility index (Phi) is 10.8. The lowest BCUT2D eigenvalue weighted by molar-refractivity contribution is 0.0872. The number of hydrogen-bond acceptors (Lipinski definition) is 5. The van der Waals surface area contributed by atoms with Crippen LogP contribution in [0.5, 0.6) is 0 Å². The molecule has 1 aliphatic heterocycles. The van der Waals surface area contributed by atoms with Crippen LogP contribution >= 0.6 is 11.8 Å². The van der Waals surface area contributed by atoms with Crippen LogP contribution in [0.1, 0.15) is 33.1 Å². The second-order valence-electron chi connectivity index (χ2n) is 6.83. The Morgan fingerprint density at radius 3 is 2.69 bits per heavy atom. The fraction of sp³-hybridized carbons (Fsp3) is 0.458. The standard InChI is InChI=1S/C22H28N2O2S.C2H6/c1-27-22(23-19-8-4-2-3-5-9-19)26-21-10-6-7-18(11-12-21)17-24-15-13-20(25)14-16-24;1-2/h2-8,10-12,20-21,25H,9,13-17H2,1H3;1-2H3. The summed E-state index contributed by atoms with van der Waals surface area (Å²) in [7, 11) is 0. The van der Waals surface area contributed by atoms with Crippen LogP contribution in [0.2, 0.25) is 0 Å². The van der Waals surface area contributed by atoms with Crippen molar-refractivity contribution in [2.45, 2.75) is 45.3 Å². The third kappa shape index (κ3) is 8.60. The Balaban J connectivity index is 0.00000145. The molecule has 29 heavy (non-hydrogen) atoms. The Bertz CT molecular complexity index is 708. The Morgan fingerprint density at radius 2 is 1.93 bits per heavy atom. The molecule has 0 aromatic rings. The molecule has 1 heterocycles. The number of allylic oxidation sites excluding steroid dienone is 7. The smallest absolute Gasteiger partial charge is 0.251 e. The van der Waals surface area contributed by atoms with Gasteiger partial charge >= 0.3 is 0 Å². The second-order valence-corrected chi connectivity index (χ2v) is 7.59. The molecule has 0 amide bonds. The molecule has 1 atom stereocenters. The van der Waals surface area contributed by atoms with Crippen LogP contribution in [0.3, 0.4) is 0 Å².